The molecular formula is C20H27IN4O2. The molecule has 0 bridgehead atoms. The number of anilines is 2. The molecular weight excluding hydrogens is 455 g/mol. The Morgan fingerprint density at radius 3 is 2.74 bits per heavy atom. The molecule has 3 rings (SSSR count). The molecule has 2 aromatic rings. The Hall–Kier alpha value is -2.16. The molecule has 3 N–H and O–H groups in total. The van der Waals surface area contributed by atoms with Crippen LogP contribution in [0.15, 0.2) is 47.5 Å². The van der Waals surface area contributed by atoms with Crippen LogP contribution in [-0.4, -0.2) is 39.3 Å². The molecule has 0 saturated heterocycles. The number of nitrogens with two attached hydrogens (primary N) is 1. The highest BCUT2D eigenvalue weighted by Crippen LogP contribution is 2.30. The minimum absolute atomic E-state index is 0. The molecule has 1 atom stereocenters. The highest BCUT2D eigenvalue weighted by Gasteiger charge is 2.22. The molecule has 0 amide bonds. The second-order valence-electron chi connectivity index (χ2n) is 6.34. The van der Waals surface area contributed by atoms with Crippen LogP contribution in [0.25, 0.3) is 0 Å². The van der Waals surface area contributed by atoms with Crippen molar-refractivity contribution in [3.63, 3.8) is 0 Å². The Morgan fingerprint density at radius 2 is 2.00 bits per heavy atom. The zero-order chi connectivity index (χ0) is 18.5. The number of hydrogen-bond donors (Lipinski definition) is 2. The molecule has 27 heavy (non-hydrogen) atoms. The minimum Gasteiger partial charge on any atom is -0.497 e. The molecule has 6 nitrogen and oxygen atoms in total. The van der Waals surface area contributed by atoms with Crippen molar-refractivity contribution in [3.05, 3.63) is 48.0 Å². The summed E-state index contributed by atoms with van der Waals surface area (Å²) in [5.41, 5.74) is 9.52. The monoisotopic (exact) mass is 482 g/mol. The maximum atomic E-state index is 6.09. The standard InChI is InChI=1S/C20H26N4O2.HI/c1-14(24-11-10-15-6-4-5-7-18(15)24)13-22-20(21)23-17-12-16(25-2)8-9-19(17)26-3;/h4-9,12,14H,10-11,13H2,1-3H3,(H3,21,22,23);1H. The minimum atomic E-state index is 0. The summed E-state index contributed by atoms with van der Waals surface area (Å²) < 4.78 is 10.6. The number of fused-ring (bicyclic) bond motifs is 1. The van der Waals surface area contributed by atoms with Crippen LogP contribution in [0.5, 0.6) is 11.5 Å². The molecule has 7 heteroatoms. The van der Waals surface area contributed by atoms with E-state index in [9.17, 15) is 0 Å². The van der Waals surface area contributed by atoms with E-state index in [2.05, 4.69) is 46.4 Å². The van der Waals surface area contributed by atoms with Crippen molar-refractivity contribution < 1.29 is 9.47 Å². The zero-order valence-electron chi connectivity index (χ0n) is 15.9. The molecule has 2 aromatic carbocycles. The number of halogens is 1. The van der Waals surface area contributed by atoms with Gasteiger partial charge in [-0.2, -0.15) is 0 Å². The quantitative estimate of drug-likeness (QED) is 0.375. The lowest BCUT2D eigenvalue weighted by molar-refractivity contribution is 0.405. The van der Waals surface area contributed by atoms with Gasteiger partial charge in [-0.25, -0.2) is 0 Å². The predicted molar refractivity (Wildman–Crippen MR) is 122 cm³/mol. The van der Waals surface area contributed by atoms with Gasteiger partial charge in [0.25, 0.3) is 0 Å². The van der Waals surface area contributed by atoms with Crippen LogP contribution in [0.2, 0.25) is 0 Å². The number of guanidine groups is 1. The third-order valence-electron chi connectivity index (χ3n) is 4.65. The van der Waals surface area contributed by atoms with Gasteiger partial charge in [-0.05, 0) is 37.1 Å². The van der Waals surface area contributed by atoms with Crippen LogP contribution in [0.4, 0.5) is 11.4 Å². The summed E-state index contributed by atoms with van der Waals surface area (Å²) in [5, 5.41) is 3.11. The molecule has 0 fully saturated rings. The van der Waals surface area contributed by atoms with Crippen molar-refractivity contribution >= 4 is 41.3 Å². The Morgan fingerprint density at radius 1 is 1.22 bits per heavy atom. The molecule has 0 aliphatic carbocycles. The van der Waals surface area contributed by atoms with Crippen molar-refractivity contribution in [1.29, 1.82) is 0 Å². The number of para-hydroxylation sites is 1. The lowest BCUT2D eigenvalue weighted by Gasteiger charge is -2.26. The summed E-state index contributed by atoms with van der Waals surface area (Å²) in [6, 6.07) is 14.3. The largest absolute Gasteiger partial charge is 0.497 e. The Balaban J connectivity index is 0.00000261. The number of nitrogens with one attached hydrogen (secondary N) is 1. The first-order chi connectivity index (χ1) is 12.6. The van der Waals surface area contributed by atoms with Gasteiger partial charge in [0.05, 0.1) is 26.5 Å². The van der Waals surface area contributed by atoms with Crippen molar-refractivity contribution in [1.82, 2.24) is 0 Å². The molecule has 0 saturated carbocycles. The van der Waals surface area contributed by atoms with Gasteiger partial charge in [-0.15, -0.1) is 24.0 Å². The van der Waals surface area contributed by atoms with E-state index in [1.165, 1.54) is 11.3 Å². The van der Waals surface area contributed by atoms with Gasteiger partial charge in [-0.1, -0.05) is 18.2 Å². The zero-order valence-corrected chi connectivity index (χ0v) is 18.3. The first-order valence-corrected chi connectivity index (χ1v) is 8.76. The van der Waals surface area contributed by atoms with Crippen molar-refractivity contribution in [2.75, 3.05) is 37.5 Å². The molecule has 1 heterocycles. The fourth-order valence-corrected chi connectivity index (χ4v) is 3.24. The molecule has 146 valence electrons. The Labute approximate surface area is 177 Å². The summed E-state index contributed by atoms with van der Waals surface area (Å²) in [5.74, 6) is 1.77. The van der Waals surface area contributed by atoms with E-state index in [0.717, 1.165) is 24.4 Å². The van der Waals surface area contributed by atoms with Gasteiger partial charge < -0.3 is 25.4 Å². The average Bonchev–Trinajstić information content (AvgIpc) is 3.10. The SMILES string of the molecule is COc1ccc(OC)c(NC(N)=NCC(C)N2CCc3ccccc32)c1.I. The first-order valence-electron chi connectivity index (χ1n) is 8.76. The van der Waals surface area contributed by atoms with Crippen molar-refractivity contribution in [2.24, 2.45) is 10.7 Å². The summed E-state index contributed by atoms with van der Waals surface area (Å²) in [4.78, 5) is 6.90. The fraction of sp³-hybridized carbons (Fsp3) is 0.350. The van der Waals surface area contributed by atoms with E-state index in [0.29, 0.717) is 18.3 Å². The van der Waals surface area contributed by atoms with Crippen LogP contribution in [-0.2, 0) is 6.42 Å². The number of methoxy groups -OCH3 is 2. The normalized spacial score (nSPS) is 14.2. The van der Waals surface area contributed by atoms with E-state index in [1.807, 2.05) is 18.2 Å². The number of aliphatic imine (C=N–C) groups is 1. The topological polar surface area (TPSA) is 72.1 Å². The van der Waals surface area contributed by atoms with E-state index in [-0.39, 0.29) is 30.0 Å². The Bertz CT molecular complexity index is 797. The third-order valence-corrected chi connectivity index (χ3v) is 4.65. The second-order valence-corrected chi connectivity index (χ2v) is 6.34. The van der Waals surface area contributed by atoms with Crippen molar-refractivity contribution in [2.45, 2.75) is 19.4 Å². The van der Waals surface area contributed by atoms with E-state index >= 15 is 0 Å². The molecule has 0 aromatic heterocycles. The van der Waals surface area contributed by atoms with Gasteiger partial charge in [0, 0.05) is 24.3 Å². The highest BCUT2D eigenvalue weighted by atomic mass is 127. The van der Waals surface area contributed by atoms with Crippen molar-refractivity contribution in [3.8, 4) is 11.5 Å². The summed E-state index contributed by atoms with van der Waals surface area (Å²) in [7, 11) is 3.24. The van der Waals surface area contributed by atoms with Crippen LogP contribution in [0.3, 0.4) is 0 Å². The van der Waals surface area contributed by atoms with E-state index in [4.69, 9.17) is 15.2 Å². The Kier molecular flexibility index (Phi) is 7.58. The maximum absolute atomic E-state index is 6.09. The molecule has 1 unspecified atom stereocenters. The number of rotatable bonds is 6. The number of nitrogens with zero attached hydrogens (tertiary/aromatic N) is 2. The number of benzene rings is 2. The number of hydrogen-bond acceptors (Lipinski definition) is 4. The fourth-order valence-electron chi connectivity index (χ4n) is 3.24. The molecule has 1 aliphatic heterocycles. The van der Waals surface area contributed by atoms with Crippen LogP contribution < -0.4 is 25.4 Å². The van der Waals surface area contributed by atoms with Crippen LogP contribution >= 0.6 is 24.0 Å². The summed E-state index contributed by atoms with van der Waals surface area (Å²) in [6.07, 6.45) is 1.08. The summed E-state index contributed by atoms with van der Waals surface area (Å²) >= 11 is 0. The lowest BCUT2D eigenvalue weighted by atomic mass is 10.2. The predicted octanol–water partition coefficient (Wildman–Crippen LogP) is 3.50. The average molecular weight is 482 g/mol. The smallest absolute Gasteiger partial charge is 0.193 e. The first kappa shape index (κ1) is 21.1. The maximum Gasteiger partial charge on any atom is 0.193 e. The molecule has 1 aliphatic rings. The third kappa shape index (κ3) is 4.97. The van der Waals surface area contributed by atoms with E-state index < -0.39 is 0 Å². The van der Waals surface area contributed by atoms with Gasteiger partial charge in [0.15, 0.2) is 5.96 Å². The molecule has 0 radical (unpaired) electrons. The number of ether oxygens (including phenoxy) is 2. The second kappa shape index (κ2) is 9.68. The van der Waals surface area contributed by atoms with Crippen LogP contribution in [0.1, 0.15) is 12.5 Å². The molecule has 0 spiro atoms. The van der Waals surface area contributed by atoms with Gasteiger partial charge in [0.2, 0.25) is 0 Å². The van der Waals surface area contributed by atoms with Gasteiger partial charge in [-0.3, -0.25) is 4.99 Å². The highest BCUT2D eigenvalue weighted by molar-refractivity contribution is 14.0. The lowest BCUT2D eigenvalue weighted by Crippen LogP contribution is -2.35. The van der Waals surface area contributed by atoms with Crippen LogP contribution in [0, 0.1) is 0 Å². The van der Waals surface area contributed by atoms with Gasteiger partial charge >= 0.3 is 0 Å². The van der Waals surface area contributed by atoms with Gasteiger partial charge in [0.1, 0.15) is 11.5 Å². The van der Waals surface area contributed by atoms with E-state index in [1.54, 1.807) is 14.2 Å². The summed E-state index contributed by atoms with van der Waals surface area (Å²) in [6.45, 7) is 3.80.